The Balaban J connectivity index is 1.61. The van der Waals surface area contributed by atoms with Gasteiger partial charge in [0.1, 0.15) is 11.5 Å². The molecule has 5 nitrogen and oxygen atoms in total. The van der Waals surface area contributed by atoms with Crippen molar-refractivity contribution in [2.75, 3.05) is 13.7 Å². The number of carbonyl (C=O) groups is 1. The molecule has 0 saturated carbocycles. The topological polar surface area (TPSA) is 59.0 Å². The summed E-state index contributed by atoms with van der Waals surface area (Å²) in [5.74, 6) is 1.12. The predicted octanol–water partition coefficient (Wildman–Crippen LogP) is 3.37. The van der Waals surface area contributed by atoms with Crippen molar-refractivity contribution in [2.45, 2.75) is 18.8 Å². The predicted molar refractivity (Wildman–Crippen MR) is 95.7 cm³/mol. The Hall–Kier alpha value is -2.05. The first-order valence-electron chi connectivity index (χ1n) is 8.17. The highest BCUT2D eigenvalue weighted by molar-refractivity contribution is 9.10. The first-order chi connectivity index (χ1) is 12.1. The van der Waals surface area contributed by atoms with Crippen LogP contribution in [0.15, 0.2) is 46.9 Å². The van der Waals surface area contributed by atoms with E-state index in [1.54, 1.807) is 36.3 Å². The van der Waals surface area contributed by atoms with Gasteiger partial charge in [0.05, 0.1) is 13.2 Å². The van der Waals surface area contributed by atoms with Gasteiger partial charge in [0.15, 0.2) is 6.23 Å². The summed E-state index contributed by atoms with van der Waals surface area (Å²) in [6.07, 6.45) is -0.377. The molecule has 2 heterocycles. The highest BCUT2D eigenvalue weighted by Gasteiger charge is 2.46. The second kappa shape index (κ2) is 6.35. The van der Waals surface area contributed by atoms with Gasteiger partial charge in [-0.25, -0.2) is 0 Å². The summed E-state index contributed by atoms with van der Waals surface area (Å²) < 4.78 is 12.1. The zero-order valence-electron chi connectivity index (χ0n) is 13.7. The van der Waals surface area contributed by atoms with Gasteiger partial charge in [-0.2, -0.15) is 0 Å². The third-order valence-electron chi connectivity index (χ3n) is 4.92. The molecule has 0 spiro atoms. The fourth-order valence-electron chi connectivity index (χ4n) is 3.59. The summed E-state index contributed by atoms with van der Waals surface area (Å²) in [5.41, 5.74) is 1.36. The van der Waals surface area contributed by atoms with Crippen LogP contribution in [0.2, 0.25) is 0 Å². The summed E-state index contributed by atoms with van der Waals surface area (Å²) in [6, 6.07) is 12.6. The average Bonchev–Trinajstić information content (AvgIpc) is 3.06. The number of aliphatic hydroxyl groups is 1. The molecule has 2 aromatic carbocycles. The van der Waals surface area contributed by atoms with E-state index < -0.39 is 12.3 Å². The number of carbonyl (C=O) groups excluding carboxylic acids is 1. The molecular formula is C19H18BrNO4. The minimum Gasteiger partial charge on any atom is -0.497 e. The van der Waals surface area contributed by atoms with Crippen molar-refractivity contribution in [1.29, 1.82) is 0 Å². The van der Waals surface area contributed by atoms with Crippen LogP contribution in [0.5, 0.6) is 11.5 Å². The van der Waals surface area contributed by atoms with Gasteiger partial charge in [0, 0.05) is 28.1 Å². The minimum atomic E-state index is -0.639. The molecule has 0 aliphatic carbocycles. The Labute approximate surface area is 154 Å². The zero-order valence-corrected chi connectivity index (χ0v) is 15.3. The third-order valence-corrected chi connectivity index (χ3v) is 5.41. The quantitative estimate of drug-likeness (QED) is 0.834. The molecule has 0 aromatic heterocycles. The fraction of sp³-hybridized carbons (Fsp3) is 0.316. The summed E-state index contributed by atoms with van der Waals surface area (Å²) in [7, 11) is 1.59. The zero-order chi connectivity index (χ0) is 17.6. The number of hydrogen-bond acceptors (Lipinski definition) is 4. The second-order valence-electron chi connectivity index (χ2n) is 6.31. The van der Waals surface area contributed by atoms with E-state index in [0.29, 0.717) is 30.0 Å². The Morgan fingerprint density at radius 2 is 2.04 bits per heavy atom. The van der Waals surface area contributed by atoms with Crippen molar-refractivity contribution in [1.82, 2.24) is 4.90 Å². The number of methoxy groups -OCH3 is 1. The van der Waals surface area contributed by atoms with Crippen LogP contribution in [0.3, 0.4) is 0 Å². The van der Waals surface area contributed by atoms with Crippen molar-refractivity contribution in [2.24, 2.45) is 5.92 Å². The van der Waals surface area contributed by atoms with E-state index in [1.807, 2.05) is 18.2 Å². The molecule has 1 fully saturated rings. The van der Waals surface area contributed by atoms with Crippen LogP contribution in [0.4, 0.5) is 0 Å². The van der Waals surface area contributed by atoms with Gasteiger partial charge in [-0.15, -0.1) is 0 Å². The number of aliphatic hydroxyl groups excluding tert-OH is 1. The summed E-state index contributed by atoms with van der Waals surface area (Å²) in [5, 5.41) is 10.7. The lowest BCUT2D eigenvalue weighted by Gasteiger charge is -2.36. The number of amides is 1. The Morgan fingerprint density at radius 3 is 2.76 bits per heavy atom. The maximum absolute atomic E-state index is 12.9. The summed E-state index contributed by atoms with van der Waals surface area (Å²) in [6.45, 7) is 0.562. The van der Waals surface area contributed by atoms with Crippen molar-refractivity contribution in [3.05, 3.63) is 58.1 Å². The molecule has 1 amide bonds. The van der Waals surface area contributed by atoms with Crippen molar-refractivity contribution >= 4 is 21.8 Å². The summed E-state index contributed by atoms with van der Waals surface area (Å²) >= 11 is 3.43. The van der Waals surface area contributed by atoms with E-state index in [4.69, 9.17) is 9.47 Å². The maximum atomic E-state index is 12.9. The van der Waals surface area contributed by atoms with E-state index in [9.17, 15) is 9.90 Å². The van der Waals surface area contributed by atoms with Crippen LogP contribution in [-0.4, -0.2) is 35.8 Å². The Morgan fingerprint density at radius 1 is 1.28 bits per heavy atom. The smallest absolute Gasteiger partial charge is 0.256 e. The van der Waals surface area contributed by atoms with Crippen LogP contribution >= 0.6 is 15.9 Å². The lowest BCUT2D eigenvalue weighted by Crippen LogP contribution is -2.45. The first kappa shape index (κ1) is 16.4. The number of likely N-dealkylation sites (tertiary alicyclic amines) is 1. The molecule has 6 heteroatoms. The highest BCUT2D eigenvalue weighted by atomic mass is 79.9. The normalized spacial score (nSPS) is 24.3. The van der Waals surface area contributed by atoms with E-state index in [0.717, 1.165) is 10.0 Å². The Kier molecular flexibility index (Phi) is 4.17. The molecular weight excluding hydrogens is 386 g/mol. The number of fused-ring (bicyclic) bond motifs is 2. The van der Waals surface area contributed by atoms with Crippen molar-refractivity contribution in [3.8, 4) is 11.5 Å². The Bertz CT molecular complexity index is 808. The average molecular weight is 404 g/mol. The first-order valence-corrected chi connectivity index (χ1v) is 8.97. The van der Waals surface area contributed by atoms with Gasteiger partial charge in [-0.05, 0) is 48.9 Å². The number of rotatable bonds is 2. The van der Waals surface area contributed by atoms with Gasteiger partial charge in [-0.1, -0.05) is 15.9 Å². The monoisotopic (exact) mass is 403 g/mol. The lowest BCUT2D eigenvalue weighted by molar-refractivity contribution is -0.0324. The fourth-order valence-corrected chi connectivity index (χ4v) is 3.97. The van der Waals surface area contributed by atoms with Gasteiger partial charge >= 0.3 is 0 Å². The standard InChI is InChI=1S/C19H18BrNO4/c1-24-13-5-2-11(3-6-13)18(23)21-9-8-14-17(22)15-10-12(20)4-7-16(15)25-19(14)21/h2-7,10,14,17,19,22H,8-9H2,1H3/t14-,17-,19+/m1/s1. The molecule has 3 atom stereocenters. The third kappa shape index (κ3) is 2.79. The largest absolute Gasteiger partial charge is 0.497 e. The SMILES string of the molecule is COc1ccc(C(=O)N2CC[C@@H]3[C@@H](O)c4cc(Br)ccc4O[C@@H]32)cc1. The van der Waals surface area contributed by atoms with Crippen LogP contribution in [0.25, 0.3) is 0 Å². The van der Waals surface area contributed by atoms with E-state index >= 15 is 0 Å². The van der Waals surface area contributed by atoms with E-state index in [2.05, 4.69) is 15.9 Å². The van der Waals surface area contributed by atoms with Gasteiger partial charge in [0.25, 0.3) is 5.91 Å². The molecule has 2 aliphatic heterocycles. The molecule has 0 radical (unpaired) electrons. The lowest BCUT2D eigenvalue weighted by atomic mass is 9.91. The van der Waals surface area contributed by atoms with Crippen LogP contribution < -0.4 is 9.47 Å². The molecule has 25 heavy (non-hydrogen) atoms. The summed E-state index contributed by atoms with van der Waals surface area (Å²) in [4.78, 5) is 14.6. The van der Waals surface area contributed by atoms with Gasteiger partial charge in [-0.3, -0.25) is 4.79 Å². The van der Waals surface area contributed by atoms with Crippen LogP contribution in [0, 0.1) is 5.92 Å². The second-order valence-corrected chi connectivity index (χ2v) is 7.23. The molecule has 2 aliphatic rings. The number of halogens is 1. The molecule has 4 rings (SSSR count). The molecule has 1 N–H and O–H groups in total. The molecule has 130 valence electrons. The number of nitrogens with zero attached hydrogens (tertiary/aromatic N) is 1. The van der Waals surface area contributed by atoms with Crippen LogP contribution in [0.1, 0.15) is 28.4 Å². The number of benzene rings is 2. The minimum absolute atomic E-state index is 0.0945. The number of ether oxygens (including phenoxy) is 2. The van der Waals surface area contributed by atoms with E-state index in [1.165, 1.54) is 0 Å². The van der Waals surface area contributed by atoms with Gasteiger partial charge in [0.2, 0.25) is 0 Å². The molecule has 2 aromatic rings. The molecule has 1 saturated heterocycles. The van der Waals surface area contributed by atoms with Gasteiger partial charge < -0.3 is 19.5 Å². The maximum Gasteiger partial charge on any atom is 0.256 e. The van der Waals surface area contributed by atoms with Crippen molar-refractivity contribution in [3.63, 3.8) is 0 Å². The number of hydrogen-bond donors (Lipinski definition) is 1. The van der Waals surface area contributed by atoms with E-state index in [-0.39, 0.29) is 11.8 Å². The van der Waals surface area contributed by atoms with Crippen LogP contribution in [-0.2, 0) is 0 Å². The van der Waals surface area contributed by atoms with Crippen molar-refractivity contribution < 1.29 is 19.4 Å². The molecule has 0 unspecified atom stereocenters. The molecule has 0 bridgehead atoms. The highest BCUT2D eigenvalue weighted by Crippen LogP contribution is 2.45.